The van der Waals surface area contributed by atoms with Crippen molar-refractivity contribution in [1.29, 1.82) is 0 Å². The number of hydrogen-bond donors (Lipinski definition) is 1. The van der Waals surface area contributed by atoms with E-state index in [1.165, 1.54) is 35.4 Å². The van der Waals surface area contributed by atoms with E-state index in [2.05, 4.69) is 15.2 Å². The summed E-state index contributed by atoms with van der Waals surface area (Å²) in [5, 5.41) is 1.28. The van der Waals surface area contributed by atoms with Crippen LogP contribution >= 0.6 is 23.7 Å². The first-order valence-corrected chi connectivity index (χ1v) is 13.9. The Balaban J connectivity index is 0.00000252. The van der Waals surface area contributed by atoms with Gasteiger partial charge in [-0.2, -0.15) is 0 Å². The number of aryl methyl sites for hydroxylation is 1. The van der Waals surface area contributed by atoms with Gasteiger partial charge in [-0.3, -0.25) is 4.79 Å². The molecule has 2 N–H and O–H groups in total. The summed E-state index contributed by atoms with van der Waals surface area (Å²) in [6, 6.07) is 6.05. The number of aromatic nitrogens is 4. The van der Waals surface area contributed by atoms with Crippen LogP contribution in [0.15, 0.2) is 18.2 Å². The molecule has 37 heavy (non-hydrogen) atoms. The number of carbonyl (C=O) groups is 1. The van der Waals surface area contributed by atoms with Gasteiger partial charge < -0.3 is 24.5 Å². The van der Waals surface area contributed by atoms with E-state index >= 15 is 0 Å². The lowest BCUT2D eigenvalue weighted by Crippen LogP contribution is -2.45. The highest BCUT2D eigenvalue weighted by Crippen LogP contribution is 2.45. The van der Waals surface area contributed by atoms with Gasteiger partial charge >= 0.3 is 0 Å². The van der Waals surface area contributed by atoms with Crippen molar-refractivity contribution >= 4 is 51.0 Å². The molecule has 1 atom stereocenters. The van der Waals surface area contributed by atoms with Gasteiger partial charge in [-0.05, 0) is 62.6 Å². The fourth-order valence-electron chi connectivity index (χ4n) is 5.57. The van der Waals surface area contributed by atoms with Crippen molar-refractivity contribution in [3.05, 3.63) is 28.8 Å². The van der Waals surface area contributed by atoms with Crippen LogP contribution in [0.3, 0.4) is 0 Å². The van der Waals surface area contributed by atoms with Gasteiger partial charge in [0.15, 0.2) is 11.5 Å². The first kappa shape index (κ1) is 24.7. The molecule has 4 aromatic rings. The van der Waals surface area contributed by atoms with Crippen LogP contribution in [-0.4, -0.2) is 56.2 Å². The molecule has 1 amide bonds. The number of likely N-dealkylation sites (tertiary alicyclic amines) is 1. The molecule has 8 nitrogen and oxygen atoms in total. The Labute approximate surface area is 226 Å². The van der Waals surface area contributed by atoms with Gasteiger partial charge in [0.2, 0.25) is 0 Å². The second-order valence-electron chi connectivity index (χ2n) is 10.8. The van der Waals surface area contributed by atoms with Gasteiger partial charge in [0, 0.05) is 44.2 Å². The van der Waals surface area contributed by atoms with Crippen LogP contribution < -0.4 is 10.5 Å². The summed E-state index contributed by atoms with van der Waals surface area (Å²) in [5.74, 6) is 2.91. The third kappa shape index (κ3) is 4.30. The van der Waals surface area contributed by atoms with Crippen LogP contribution in [0.5, 0.6) is 5.75 Å². The van der Waals surface area contributed by atoms with Crippen LogP contribution in [0.2, 0.25) is 0 Å². The number of carbonyl (C=O) groups excluding carboxylic acids is 1. The minimum Gasteiger partial charge on any atom is -0.494 e. The molecule has 3 aliphatic rings. The summed E-state index contributed by atoms with van der Waals surface area (Å²) in [6.45, 7) is 2.31. The fourth-order valence-corrected chi connectivity index (χ4v) is 6.75. The lowest BCUT2D eigenvalue weighted by molar-refractivity contribution is 0.0708. The number of fused-ring (bicyclic) bond motifs is 2. The number of thiazole rings is 1. The van der Waals surface area contributed by atoms with E-state index in [1.54, 1.807) is 7.11 Å². The molecule has 0 unspecified atom stereocenters. The molecule has 4 heterocycles. The number of hydrogen-bond acceptors (Lipinski definition) is 6. The lowest BCUT2D eigenvalue weighted by Gasteiger charge is -2.30. The Morgan fingerprint density at radius 3 is 2.68 bits per heavy atom. The van der Waals surface area contributed by atoms with E-state index in [1.807, 2.05) is 35.4 Å². The van der Waals surface area contributed by atoms with E-state index in [0.717, 1.165) is 60.0 Å². The SMILES string of the molecule is COc1cc(C(=O)N2CCC[C@@H](N)C2)cc2nc(-c3cc4sc(C5CC5)nc4n3CC3CC3)n(C)c12.Cl. The van der Waals surface area contributed by atoms with E-state index in [-0.39, 0.29) is 24.4 Å². The predicted molar refractivity (Wildman–Crippen MR) is 149 cm³/mol. The Bertz CT molecular complexity index is 1500. The molecule has 0 bridgehead atoms. The Morgan fingerprint density at radius 2 is 1.97 bits per heavy atom. The molecule has 10 heteroatoms. The zero-order valence-corrected chi connectivity index (χ0v) is 22.9. The highest BCUT2D eigenvalue weighted by atomic mass is 35.5. The van der Waals surface area contributed by atoms with Gasteiger partial charge in [-0.25, -0.2) is 9.97 Å². The van der Waals surface area contributed by atoms with Crippen molar-refractivity contribution in [2.24, 2.45) is 18.7 Å². The molecule has 2 aliphatic carbocycles. The van der Waals surface area contributed by atoms with Gasteiger partial charge in [0.25, 0.3) is 5.91 Å². The molecule has 2 saturated carbocycles. The Hall–Kier alpha value is -2.62. The fraction of sp³-hybridized carbons (Fsp3) is 0.519. The topological polar surface area (TPSA) is 91.2 Å². The van der Waals surface area contributed by atoms with Crippen LogP contribution in [-0.2, 0) is 13.6 Å². The summed E-state index contributed by atoms with van der Waals surface area (Å²) >= 11 is 1.83. The minimum atomic E-state index is -0.00743. The number of amides is 1. The van der Waals surface area contributed by atoms with Crippen molar-refractivity contribution < 1.29 is 9.53 Å². The first-order chi connectivity index (χ1) is 17.5. The number of nitrogens with zero attached hydrogens (tertiary/aromatic N) is 5. The summed E-state index contributed by atoms with van der Waals surface area (Å²) in [7, 11) is 3.69. The monoisotopic (exact) mass is 540 g/mol. The van der Waals surface area contributed by atoms with Crippen molar-refractivity contribution in [3.63, 3.8) is 0 Å². The lowest BCUT2D eigenvalue weighted by atomic mass is 10.0. The number of methoxy groups -OCH3 is 1. The highest BCUT2D eigenvalue weighted by Gasteiger charge is 2.31. The number of halogens is 1. The molecule has 7 rings (SSSR count). The summed E-state index contributed by atoms with van der Waals surface area (Å²) in [4.78, 5) is 25.3. The largest absolute Gasteiger partial charge is 0.494 e. The number of ether oxygens (including phenoxy) is 1. The zero-order chi connectivity index (χ0) is 24.6. The normalized spacial score (nSPS) is 20.0. The third-order valence-electron chi connectivity index (χ3n) is 7.90. The standard InChI is InChI=1S/C27H32N6O2S.ClH/c1-31-23-19(10-17(11-21(23)35-2)27(34)32-9-3-4-18(28)14-32)29-24(31)20-12-22-25(33(20)13-15-5-6-15)30-26(36-22)16-7-8-16;/h10-12,15-16,18H,3-9,13-14,28H2,1-2H3;1H/t18-;/m1./s1. The summed E-state index contributed by atoms with van der Waals surface area (Å²) in [6.07, 6.45) is 6.99. The van der Waals surface area contributed by atoms with E-state index in [4.69, 9.17) is 20.4 Å². The van der Waals surface area contributed by atoms with Gasteiger partial charge in [0.1, 0.15) is 11.3 Å². The number of imidazole rings is 1. The second kappa shape index (κ2) is 9.29. The average molecular weight is 541 g/mol. The molecule has 3 fully saturated rings. The third-order valence-corrected chi connectivity index (χ3v) is 9.06. The number of piperidine rings is 1. The Kier molecular flexibility index (Phi) is 6.20. The molecule has 3 aromatic heterocycles. The van der Waals surface area contributed by atoms with Crippen LogP contribution in [0, 0.1) is 5.92 Å². The quantitative estimate of drug-likeness (QED) is 0.374. The van der Waals surface area contributed by atoms with Crippen molar-refractivity contribution in [3.8, 4) is 17.3 Å². The maximum Gasteiger partial charge on any atom is 0.254 e. The number of benzene rings is 1. The smallest absolute Gasteiger partial charge is 0.254 e. The van der Waals surface area contributed by atoms with Gasteiger partial charge in [-0.1, -0.05) is 0 Å². The molecule has 1 saturated heterocycles. The average Bonchev–Trinajstić information content (AvgIpc) is 3.79. The van der Waals surface area contributed by atoms with Crippen LogP contribution in [0.1, 0.15) is 59.8 Å². The maximum atomic E-state index is 13.3. The van der Waals surface area contributed by atoms with E-state index < -0.39 is 0 Å². The van der Waals surface area contributed by atoms with E-state index in [9.17, 15) is 4.79 Å². The molecule has 196 valence electrons. The Morgan fingerprint density at radius 1 is 1.16 bits per heavy atom. The van der Waals surface area contributed by atoms with Crippen molar-refractivity contribution in [1.82, 2.24) is 24.0 Å². The second-order valence-corrected chi connectivity index (χ2v) is 11.9. The summed E-state index contributed by atoms with van der Waals surface area (Å²) in [5.41, 5.74) is 10.6. The zero-order valence-electron chi connectivity index (χ0n) is 21.3. The van der Waals surface area contributed by atoms with Crippen molar-refractivity contribution in [2.45, 2.75) is 57.0 Å². The molecule has 0 radical (unpaired) electrons. The van der Waals surface area contributed by atoms with Gasteiger partial charge in [-0.15, -0.1) is 23.7 Å². The number of rotatable bonds is 6. The van der Waals surface area contributed by atoms with E-state index in [0.29, 0.717) is 23.8 Å². The molecular formula is C27H33ClN6O2S. The van der Waals surface area contributed by atoms with Gasteiger partial charge in [0.05, 0.1) is 28.0 Å². The molecule has 1 aliphatic heterocycles. The first-order valence-electron chi connectivity index (χ1n) is 13.1. The molecular weight excluding hydrogens is 508 g/mol. The van der Waals surface area contributed by atoms with Crippen LogP contribution in [0.4, 0.5) is 0 Å². The van der Waals surface area contributed by atoms with Crippen molar-refractivity contribution in [2.75, 3.05) is 20.2 Å². The summed E-state index contributed by atoms with van der Waals surface area (Å²) < 4.78 is 11.5. The molecule has 0 spiro atoms. The minimum absolute atomic E-state index is 0. The maximum absolute atomic E-state index is 13.3. The highest BCUT2D eigenvalue weighted by molar-refractivity contribution is 7.18. The number of nitrogens with two attached hydrogens (primary N) is 1. The molecule has 1 aromatic carbocycles. The predicted octanol–water partition coefficient (Wildman–Crippen LogP) is 4.93. The van der Waals surface area contributed by atoms with Crippen LogP contribution in [0.25, 0.3) is 32.9 Å².